The van der Waals surface area contributed by atoms with Crippen molar-refractivity contribution in [2.45, 2.75) is 158 Å². The number of nitrogens with zero attached hydrogens (tertiary/aromatic N) is 3. The number of amides is 2. The third-order valence-electron chi connectivity index (χ3n) is 11.5. The van der Waals surface area contributed by atoms with Crippen molar-refractivity contribution in [1.29, 1.82) is 0 Å². The second-order valence-electron chi connectivity index (χ2n) is 20.1. The van der Waals surface area contributed by atoms with Gasteiger partial charge in [-0.2, -0.15) is 0 Å². The Morgan fingerprint density at radius 3 is 1.72 bits per heavy atom. The van der Waals surface area contributed by atoms with E-state index in [1.54, 1.807) is 9.80 Å². The zero-order chi connectivity index (χ0) is 45.4. The van der Waals surface area contributed by atoms with Crippen molar-refractivity contribution in [3.8, 4) is 0 Å². The van der Waals surface area contributed by atoms with Gasteiger partial charge in [0.05, 0.1) is 18.8 Å². The predicted molar refractivity (Wildman–Crippen MR) is 233 cm³/mol. The number of β-amino-alcohol motifs (C(OH)–C–C–N with tert-alkyl or cyclic N) is 1. The molecule has 0 radical (unpaired) electrons. The first-order valence-electron chi connectivity index (χ1n) is 22.6. The van der Waals surface area contributed by atoms with E-state index in [9.17, 15) is 33.9 Å². The van der Waals surface area contributed by atoms with Gasteiger partial charge in [0.15, 0.2) is 0 Å². The van der Waals surface area contributed by atoms with Crippen LogP contribution in [0.25, 0.3) is 0 Å². The van der Waals surface area contributed by atoms with E-state index >= 15 is 0 Å². The number of carbonyl (C=O) groups is 6. The van der Waals surface area contributed by atoms with Crippen LogP contribution in [-0.2, 0) is 33.4 Å². The van der Waals surface area contributed by atoms with Crippen LogP contribution in [0.4, 0.5) is 9.59 Å². The quantitative estimate of drug-likeness (QED) is 0.305. The molecular weight excluding hydrogens is 769 g/mol. The summed E-state index contributed by atoms with van der Waals surface area (Å²) in [6, 6.07) is 0. The summed E-state index contributed by atoms with van der Waals surface area (Å²) in [5.41, 5.74) is -0.930. The molecule has 2 N–H and O–H groups in total. The lowest BCUT2D eigenvalue weighted by molar-refractivity contribution is -0.126. The Bertz CT molecular complexity index is 1380. The second-order valence-corrected chi connectivity index (χ2v) is 20.1. The highest BCUT2D eigenvalue weighted by Crippen LogP contribution is 2.35. The van der Waals surface area contributed by atoms with Gasteiger partial charge >= 0.3 is 12.2 Å². The molecule has 0 bridgehead atoms. The molecule has 1 saturated carbocycles. The van der Waals surface area contributed by atoms with Crippen molar-refractivity contribution < 1.29 is 48.1 Å². The molecule has 0 aromatic carbocycles. The molecule has 0 spiro atoms. The molecule has 5 aliphatic rings. The van der Waals surface area contributed by atoms with Gasteiger partial charge in [0.1, 0.15) is 34.3 Å². The summed E-state index contributed by atoms with van der Waals surface area (Å²) in [5.74, 6) is 3.48. The van der Waals surface area contributed by atoms with Crippen LogP contribution in [0.2, 0.25) is 0 Å². The first kappa shape index (κ1) is 53.2. The first-order valence-corrected chi connectivity index (χ1v) is 22.6. The number of aliphatic hydroxyl groups is 1. The Morgan fingerprint density at radius 1 is 0.717 bits per heavy atom. The summed E-state index contributed by atoms with van der Waals surface area (Å²) < 4.78 is 16.6. The van der Waals surface area contributed by atoms with Crippen LogP contribution in [0.15, 0.2) is 0 Å². The topological polar surface area (TPSA) is 172 Å². The zero-order valence-electron chi connectivity index (χ0n) is 39.3. The molecular formula is C46H82N4O10. The van der Waals surface area contributed by atoms with Crippen LogP contribution >= 0.6 is 0 Å². The highest BCUT2D eigenvalue weighted by Gasteiger charge is 2.33. The fourth-order valence-corrected chi connectivity index (χ4v) is 7.82. The Balaban J connectivity index is 0.000000293. The van der Waals surface area contributed by atoms with Gasteiger partial charge in [-0.1, -0.05) is 48.0 Å². The zero-order valence-corrected chi connectivity index (χ0v) is 39.3. The van der Waals surface area contributed by atoms with E-state index in [1.807, 2.05) is 62.3 Å². The summed E-state index contributed by atoms with van der Waals surface area (Å²) >= 11 is 0. The number of aliphatic hydroxyl groups excluding tert-OH is 1. The number of hydrogen-bond donors (Lipinski definition) is 2. The molecule has 7 atom stereocenters. The van der Waals surface area contributed by atoms with Crippen molar-refractivity contribution >= 4 is 35.3 Å². The molecule has 0 aromatic heterocycles. The number of rotatable bonds is 6. The largest absolute Gasteiger partial charge is 0.444 e. The molecule has 1 aliphatic carbocycles. The smallest absolute Gasteiger partial charge is 0.410 e. The summed E-state index contributed by atoms with van der Waals surface area (Å²) in [5, 5.41) is 13.5. The third-order valence-corrected chi connectivity index (χ3v) is 11.5. The number of hydrogen-bond acceptors (Lipinski definition) is 12. The van der Waals surface area contributed by atoms with Crippen molar-refractivity contribution in [3.63, 3.8) is 0 Å². The lowest BCUT2D eigenvalue weighted by Crippen LogP contribution is -2.45. The number of ketones is 4. The number of carbonyl (C=O) groups excluding carboxylic acids is 6. The molecule has 4 heterocycles. The average molecular weight is 851 g/mol. The maximum Gasteiger partial charge on any atom is 0.410 e. The van der Waals surface area contributed by atoms with Gasteiger partial charge in [-0.3, -0.25) is 24.1 Å². The lowest BCUT2D eigenvalue weighted by Gasteiger charge is -2.38. The number of nitrogens with one attached hydrogen (secondary N) is 1. The van der Waals surface area contributed by atoms with Crippen LogP contribution < -0.4 is 5.32 Å². The van der Waals surface area contributed by atoms with Gasteiger partial charge in [0, 0.05) is 109 Å². The summed E-state index contributed by atoms with van der Waals surface area (Å²) in [6.45, 7) is 29.9. The molecule has 4 aliphatic heterocycles. The number of likely N-dealkylation sites (tertiary alicyclic amines) is 3. The minimum Gasteiger partial charge on any atom is -0.444 e. The Kier molecular flexibility index (Phi) is 22.4. The Hall–Kier alpha value is -2.94. The molecule has 14 heteroatoms. The Labute approximate surface area is 361 Å². The summed E-state index contributed by atoms with van der Waals surface area (Å²) in [4.78, 5) is 73.1. The maximum absolute atomic E-state index is 11.7. The maximum atomic E-state index is 11.7. The van der Waals surface area contributed by atoms with Gasteiger partial charge in [-0.05, 0) is 72.1 Å². The normalized spacial score (nSPS) is 27.4. The van der Waals surface area contributed by atoms with Gasteiger partial charge in [0.2, 0.25) is 0 Å². The third kappa shape index (κ3) is 20.8. The molecule has 60 heavy (non-hydrogen) atoms. The SMILES string of the molecule is CC(C)(C)OC(=O)N1CCC(=O)CC1.CC1CCC(C(C)C)C(OCC(O)CN2CCC(=O)C(C)C2)C1.CC1CN(C(=O)OC(C)(C)C)CCC1=O.CC1CNCCC1=O. The monoisotopic (exact) mass is 851 g/mol. The van der Waals surface area contributed by atoms with Crippen molar-refractivity contribution in [3.05, 3.63) is 0 Å². The van der Waals surface area contributed by atoms with E-state index in [1.165, 1.54) is 12.8 Å². The van der Waals surface area contributed by atoms with Crippen LogP contribution in [0, 0.1) is 35.5 Å². The van der Waals surface area contributed by atoms with Gasteiger partial charge in [-0.25, -0.2) is 9.59 Å². The van der Waals surface area contributed by atoms with E-state index in [0.29, 0.717) is 88.4 Å². The lowest BCUT2D eigenvalue weighted by atomic mass is 9.75. The van der Waals surface area contributed by atoms with E-state index in [-0.39, 0.29) is 47.6 Å². The van der Waals surface area contributed by atoms with E-state index in [4.69, 9.17) is 14.2 Å². The van der Waals surface area contributed by atoms with Crippen LogP contribution in [-0.4, -0.2) is 144 Å². The number of Topliss-reactive ketones (excluding diaryl/α,β-unsaturated/α-hetero) is 4. The second kappa shape index (κ2) is 25.2. The van der Waals surface area contributed by atoms with Crippen molar-refractivity contribution in [2.75, 3.05) is 65.5 Å². The average Bonchev–Trinajstić information content (AvgIpc) is 3.14. The van der Waals surface area contributed by atoms with Gasteiger partial charge < -0.3 is 34.4 Å². The highest BCUT2D eigenvalue weighted by molar-refractivity contribution is 5.84. The first-order chi connectivity index (χ1) is 27.8. The fourth-order valence-electron chi connectivity index (χ4n) is 7.82. The molecule has 2 amide bonds. The summed E-state index contributed by atoms with van der Waals surface area (Å²) in [7, 11) is 0. The number of ether oxygens (including phenoxy) is 3. The molecule has 5 fully saturated rings. The minimum atomic E-state index is -0.470. The van der Waals surface area contributed by atoms with Crippen molar-refractivity contribution in [2.24, 2.45) is 35.5 Å². The van der Waals surface area contributed by atoms with Crippen LogP contribution in [0.1, 0.15) is 134 Å². The molecule has 5 rings (SSSR count). The standard InChI is InChI=1S/C19H35NO3.C11H19NO3.C10H17NO3.C6H11NO/c1-13(2)17-6-5-14(3)9-19(17)23-12-16(21)11-20-8-7-18(22)15(4)10-20;1-8-7-12(6-5-9(8)13)10(14)15-11(2,3)4;1-10(2,3)14-9(13)11-6-4-8(12)5-7-11;1-5-4-7-3-2-6(5)8/h13-17,19,21H,5-12H2,1-4H3;8H,5-7H2,1-4H3;4-7H2,1-3H3;5,7H,2-4H2,1H3. The fraction of sp³-hybridized carbons (Fsp3) is 0.870. The molecule has 0 aromatic rings. The highest BCUT2D eigenvalue weighted by atomic mass is 16.6. The molecule has 346 valence electrons. The number of piperidine rings is 4. The molecule has 4 saturated heterocycles. The molecule has 14 nitrogen and oxygen atoms in total. The Morgan fingerprint density at radius 2 is 1.23 bits per heavy atom. The van der Waals surface area contributed by atoms with Gasteiger partial charge in [0.25, 0.3) is 0 Å². The van der Waals surface area contributed by atoms with E-state index in [2.05, 4.69) is 31.0 Å². The molecule has 7 unspecified atom stereocenters. The summed E-state index contributed by atoms with van der Waals surface area (Å²) in [6.07, 6.45) is 5.55. The minimum absolute atomic E-state index is 0.0636. The van der Waals surface area contributed by atoms with E-state index in [0.717, 1.165) is 44.9 Å². The van der Waals surface area contributed by atoms with Gasteiger partial charge in [-0.15, -0.1) is 0 Å². The van der Waals surface area contributed by atoms with Crippen molar-refractivity contribution in [1.82, 2.24) is 20.0 Å². The van der Waals surface area contributed by atoms with Crippen LogP contribution in [0.3, 0.4) is 0 Å². The van der Waals surface area contributed by atoms with E-state index < -0.39 is 17.3 Å². The predicted octanol–water partition coefficient (Wildman–Crippen LogP) is 6.34. The van der Waals surface area contributed by atoms with Crippen LogP contribution in [0.5, 0.6) is 0 Å².